The number of carbonyl (C=O) groups excluding carboxylic acids is 1. The van der Waals surface area contributed by atoms with Crippen LogP contribution in [0.1, 0.15) is 28.6 Å². The summed E-state index contributed by atoms with van der Waals surface area (Å²) >= 11 is 8.52. The van der Waals surface area contributed by atoms with Gasteiger partial charge in [-0.1, -0.05) is 31.9 Å². The number of hydrogen-bond donors (Lipinski definition) is 0. The summed E-state index contributed by atoms with van der Waals surface area (Å²) < 4.78 is 7.05. The highest BCUT2D eigenvalue weighted by Gasteiger charge is 2.32. The molecule has 2 aromatic rings. The number of fused-ring (bicyclic) bond motifs is 1. The van der Waals surface area contributed by atoms with Crippen LogP contribution in [0.4, 0.5) is 0 Å². The maximum absolute atomic E-state index is 12.0. The summed E-state index contributed by atoms with van der Waals surface area (Å²) in [6.07, 6.45) is 3.86. The van der Waals surface area contributed by atoms with Crippen molar-refractivity contribution in [3.8, 4) is 6.07 Å². The molecule has 0 N–H and O–H groups in total. The van der Waals surface area contributed by atoms with Crippen LogP contribution in [0.5, 0.6) is 0 Å². The Morgan fingerprint density at radius 1 is 1.52 bits per heavy atom. The molecule has 2 unspecified atom stereocenters. The van der Waals surface area contributed by atoms with Crippen molar-refractivity contribution < 1.29 is 9.53 Å². The second-order valence-corrected chi connectivity index (χ2v) is 7.71. The standard InChI is InChI=1S/C16H16Br2N2O2S/c1-4-22-16(21)13(18)12(17)14-15(23-3)10(8-19)11-7-9(2)5-6-20(11)14/h5-7,12-13H,4H2,1-3H3. The second-order valence-electron chi connectivity index (χ2n) is 4.92. The molecule has 0 aliphatic carbocycles. The average molecular weight is 460 g/mol. The molecule has 4 nitrogen and oxygen atoms in total. The number of aromatic nitrogens is 1. The fraction of sp³-hybridized carbons (Fsp3) is 0.375. The molecule has 0 spiro atoms. The van der Waals surface area contributed by atoms with E-state index in [0.717, 1.165) is 21.7 Å². The maximum Gasteiger partial charge on any atom is 0.321 e. The van der Waals surface area contributed by atoms with Crippen LogP contribution < -0.4 is 0 Å². The fourth-order valence-electron chi connectivity index (χ4n) is 2.41. The molecule has 23 heavy (non-hydrogen) atoms. The first-order valence-electron chi connectivity index (χ1n) is 6.99. The van der Waals surface area contributed by atoms with Crippen LogP contribution in [-0.4, -0.2) is 28.1 Å². The van der Waals surface area contributed by atoms with Crippen LogP contribution >= 0.6 is 43.6 Å². The highest BCUT2D eigenvalue weighted by molar-refractivity contribution is 9.12. The summed E-state index contributed by atoms with van der Waals surface area (Å²) in [5, 5.41) is 9.57. The normalized spacial score (nSPS) is 13.6. The number of pyridine rings is 1. The number of thioether (sulfide) groups is 1. The first kappa shape index (κ1) is 18.4. The Morgan fingerprint density at radius 2 is 2.22 bits per heavy atom. The number of nitriles is 1. The summed E-state index contributed by atoms with van der Waals surface area (Å²) in [6, 6.07) is 6.25. The lowest BCUT2D eigenvalue weighted by Crippen LogP contribution is -2.22. The number of carbonyl (C=O) groups is 1. The van der Waals surface area contributed by atoms with Gasteiger partial charge in [0.05, 0.1) is 28.2 Å². The first-order chi connectivity index (χ1) is 11.0. The van der Waals surface area contributed by atoms with Crippen molar-refractivity contribution in [1.29, 1.82) is 5.26 Å². The molecule has 0 aliphatic rings. The lowest BCUT2D eigenvalue weighted by atomic mass is 10.2. The predicted molar refractivity (Wildman–Crippen MR) is 99.6 cm³/mol. The molecule has 2 atom stereocenters. The molecule has 122 valence electrons. The Kier molecular flexibility index (Phi) is 6.18. The van der Waals surface area contributed by atoms with Crippen molar-refractivity contribution in [2.45, 2.75) is 28.4 Å². The number of ether oxygens (including phenoxy) is 1. The molecule has 2 heterocycles. The van der Waals surface area contributed by atoms with Gasteiger partial charge in [-0.15, -0.1) is 11.8 Å². The predicted octanol–water partition coefficient (Wildman–Crippen LogP) is 4.60. The molecule has 7 heteroatoms. The second kappa shape index (κ2) is 7.73. The van der Waals surface area contributed by atoms with Crippen molar-refractivity contribution in [3.05, 3.63) is 35.2 Å². The molecular formula is C16H16Br2N2O2S. The van der Waals surface area contributed by atoms with E-state index in [2.05, 4.69) is 37.9 Å². The Bertz CT molecular complexity index is 782. The Balaban J connectivity index is 2.64. The van der Waals surface area contributed by atoms with E-state index < -0.39 is 4.83 Å². The van der Waals surface area contributed by atoms with Crippen LogP contribution in [0.25, 0.3) is 5.52 Å². The average Bonchev–Trinajstić information content (AvgIpc) is 2.85. The number of halogens is 2. The molecule has 0 bridgehead atoms. The van der Waals surface area contributed by atoms with E-state index in [1.807, 2.05) is 35.9 Å². The minimum atomic E-state index is -0.542. The van der Waals surface area contributed by atoms with Crippen LogP contribution in [0, 0.1) is 18.3 Å². The highest BCUT2D eigenvalue weighted by Crippen LogP contribution is 2.41. The number of esters is 1. The molecule has 0 saturated heterocycles. The number of aryl methyl sites for hydroxylation is 1. The van der Waals surface area contributed by atoms with Gasteiger partial charge in [0.25, 0.3) is 0 Å². The number of alkyl halides is 2. The molecule has 0 aliphatic heterocycles. The summed E-state index contributed by atoms with van der Waals surface area (Å²) in [6.45, 7) is 4.09. The SMILES string of the molecule is CCOC(=O)C(Br)C(Br)c1c(SC)c(C#N)c2cc(C)ccn12. The Hall–Kier alpha value is -0.970. The topological polar surface area (TPSA) is 54.5 Å². The summed E-state index contributed by atoms with van der Waals surface area (Å²) in [5.74, 6) is -0.331. The minimum Gasteiger partial charge on any atom is -0.465 e. The lowest BCUT2D eigenvalue weighted by molar-refractivity contribution is -0.142. The molecule has 0 fully saturated rings. The van der Waals surface area contributed by atoms with Gasteiger partial charge in [-0.25, -0.2) is 0 Å². The summed E-state index contributed by atoms with van der Waals surface area (Å²) in [7, 11) is 0. The minimum absolute atomic E-state index is 0.318. The zero-order chi connectivity index (χ0) is 17.1. The van der Waals surface area contributed by atoms with Gasteiger partial charge in [0, 0.05) is 11.1 Å². The summed E-state index contributed by atoms with van der Waals surface area (Å²) in [4.78, 5) is 12.1. The van der Waals surface area contributed by atoms with Crippen molar-refractivity contribution in [2.24, 2.45) is 0 Å². The third kappa shape index (κ3) is 3.44. The zero-order valence-corrected chi connectivity index (χ0v) is 17.0. The van der Waals surface area contributed by atoms with Gasteiger partial charge < -0.3 is 9.14 Å². The largest absolute Gasteiger partial charge is 0.465 e. The van der Waals surface area contributed by atoms with Gasteiger partial charge in [0.2, 0.25) is 0 Å². The molecule has 0 saturated carbocycles. The third-order valence-corrected chi connectivity index (χ3v) is 6.83. The zero-order valence-electron chi connectivity index (χ0n) is 13.0. The van der Waals surface area contributed by atoms with Gasteiger partial charge >= 0.3 is 5.97 Å². The number of nitrogens with zero attached hydrogens (tertiary/aromatic N) is 2. The van der Waals surface area contributed by atoms with E-state index >= 15 is 0 Å². The molecule has 0 aromatic carbocycles. The van der Waals surface area contributed by atoms with E-state index in [4.69, 9.17) is 4.74 Å². The van der Waals surface area contributed by atoms with E-state index in [1.54, 1.807) is 6.92 Å². The molecule has 0 radical (unpaired) electrons. The Labute approximate surface area is 156 Å². The smallest absolute Gasteiger partial charge is 0.321 e. The van der Waals surface area contributed by atoms with Crippen molar-refractivity contribution in [1.82, 2.24) is 4.40 Å². The number of rotatable bonds is 5. The Morgan fingerprint density at radius 3 is 2.78 bits per heavy atom. The van der Waals surface area contributed by atoms with E-state index in [9.17, 15) is 10.1 Å². The van der Waals surface area contributed by atoms with Gasteiger partial charge in [0.15, 0.2) is 0 Å². The van der Waals surface area contributed by atoms with Crippen molar-refractivity contribution in [2.75, 3.05) is 12.9 Å². The fourth-order valence-corrected chi connectivity index (χ4v) is 4.40. The van der Waals surface area contributed by atoms with Crippen molar-refractivity contribution in [3.63, 3.8) is 0 Å². The molecule has 0 amide bonds. The van der Waals surface area contributed by atoms with Gasteiger partial charge in [-0.3, -0.25) is 4.79 Å². The maximum atomic E-state index is 12.0. The molecule has 2 aromatic heterocycles. The lowest BCUT2D eigenvalue weighted by Gasteiger charge is -2.17. The van der Waals surface area contributed by atoms with Gasteiger partial charge in [0.1, 0.15) is 10.9 Å². The first-order valence-corrected chi connectivity index (χ1v) is 10.0. The molecule has 2 rings (SSSR count). The summed E-state index contributed by atoms with van der Waals surface area (Å²) in [5.41, 5.74) is 3.43. The van der Waals surface area contributed by atoms with E-state index in [1.165, 1.54) is 11.8 Å². The number of hydrogen-bond acceptors (Lipinski definition) is 4. The van der Waals surface area contributed by atoms with Gasteiger partial charge in [-0.2, -0.15) is 5.26 Å². The highest BCUT2D eigenvalue weighted by atomic mass is 79.9. The van der Waals surface area contributed by atoms with Crippen LogP contribution in [-0.2, 0) is 9.53 Å². The van der Waals surface area contributed by atoms with E-state index in [-0.39, 0.29) is 10.8 Å². The monoisotopic (exact) mass is 458 g/mol. The van der Waals surface area contributed by atoms with Crippen molar-refractivity contribution >= 4 is 55.1 Å². The van der Waals surface area contributed by atoms with E-state index in [0.29, 0.717) is 12.2 Å². The third-order valence-electron chi connectivity index (χ3n) is 3.43. The van der Waals surface area contributed by atoms with Crippen LogP contribution in [0.2, 0.25) is 0 Å². The van der Waals surface area contributed by atoms with Crippen LogP contribution in [0.3, 0.4) is 0 Å². The quantitative estimate of drug-likeness (QED) is 0.372. The van der Waals surface area contributed by atoms with Crippen LogP contribution in [0.15, 0.2) is 23.2 Å². The molecular weight excluding hydrogens is 444 g/mol. The van der Waals surface area contributed by atoms with Gasteiger partial charge in [-0.05, 0) is 37.8 Å².